The first-order chi connectivity index (χ1) is 5.38. The smallest absolute Gasteiger partial charge is 0.0218 e. The van der Waals surface area contributed by atoms with Crippen molar-refractivity contribution in [2.75, 3.05) is 5.75 Å². The SMILES string of the molecule is Brc1cccc2c1CCCS2. The molecule has 1 aliphatic rings. The maximum atomic E-state index is 3.57. The molecule has 58 valence electrons. The average molecular weight is 229 g/mol. The van der Waals surface area contributed by atoms with Gasteiger partial charge in [0, 0.05) is 9.37 Å². The Kier molecular flexibility index (Phi) is 2.23. The minimum absolute atomic E-state index is 1.24. The first-order valence-electron chi connectivity index (χ1n) is 3.78. The van der Waals surface area contributed by atoms with E-state index in [9.17, 15) is 0 Å². The van der Waals surface area contributed by atoms with Gasteiger partial charge < -0.3 is 0 Å². The minimum Gasteiger partial charge on any atom is -0.126 e. The number of fused-ring (bicyclic) bond motifs is 1. The lowest BCUT2D eigenvalue weighted by Gasteiger charge is -2.15. The summed E-state index contributed by atoms with van der Waals surface area (Å²) in [5, 5.41) is 0. The van der Waals surface area contributed by atoms with Gasteiger partial charge in [-0.2, -0.15) is 0 Å². The Morgan fingerprint density at radius 2 is 2.27 bits per heavy atom. The number of hydrogen-bond acceptors (Lipinski definition) is 1. The first kappa shape index (κ1) is 7.69. The quantitative estimate of drug-likeness (QED) is 0.656. The molecule has 2 rings (SSSR count). The summed E-state index contributed by atoms with van der Waals surface area (Å²) >= 11 is 5.54. The molecule has 1 aliphatic heterocycles. The van der Waals surface area contributed by atoms with E-state index < -0.39 is 0 Å². The third-order valence-corrected chi connectivity index (χ3v) is 3.83. The molecule has 0 aromatic heterocycles. The van der Waals surface area contributed by atoms with Crippen LogP contribution in [0.25, 0.3) is 0 Å². The Balaban J connectivity index is 2.49. The summed E-state index contributed by atoms with van der Waals surface area (Å²) in [6.45, 7) is 0. The lowest BCUT2D eigenvalue weighted by Crippen LogP contribution is -1.98. The van der Waals surface area contributed by atoms with E-state index in [2.05, 4.69) is 34.1 Å². The van der Waals surface area contributed by atoms with Crippen LogP contribution in [0.1, 0.15) is 12.0 Å². The molecular formula is C9H9BrS. The summed E-state index contributed by atoms with van der Waals surface area (Å²) in [5.41, 5.74) is 1.50. The van der Waals surface area contributed by atoms with E-state index >= 15 is 0 Å². The summed E-state index contributed by atoms with van der Waals surface area (Å²) in [6.07, 6.45) is 2.56. The molecule has 0 saturated heterocycles. The van der Waals surface area contributed by atoms with Gasteiger partial charge in [0.15, 0.2) is 0 Å². The molecule has 1 aromatic rings. The fourth-order valence-corrected chi connectivity index (χ4v) is 3.11. The van der Waals surface area contributed by atoms with Crippen LogP contribution >= 0.6 is 27.7 Å². The Labute approximate surface area is 79.5 Å². The summed E-state index contributed by atoms with van der Waals surface area (Å²) in [6, 6.07) is 6.45. The van der Waals surface area contributed by atoms with Gasteiger partial charge in [0.25, 0.3) is 0 Å². The summed E-state index contributed by atoms with van der Waals surface area (Å²) in [7, 11) is 0. The predicted molar refractivity (Wildman–Crippen MR) is 53.2 cm³/mol. The third-order valence-electron chi connectivity index (χ3n) is 1.90. The normalized spacial score (nSPS) is 16.1. The van der Waals surface area contributed by atoms with Gasteiger partial charge in [0.1, 0.15) is 0 Å². The van der Waals surface area contributed by atoms with E-state index in [0.29, 0.717) is 0 Å². The van der Waals surface area contributed by atoms with Gasteiger partial charge >= 0.3 is 0 Å². The largest absolute Gasteiger partial charge is 0.126 e. The van der Waals surface area contributed by atoms with E-state index in [-0.39, 0.29) is 0 Å². The third kappa shape index (κ3) is 1.47. The van der Waals surface area contributed by atoms with Crippen LogP contribution in [0, 0.1) is 0 Å². The maximum absolute atomic E-state index is 3.57. The molecule has 0 amide bonds. The number of hydrogen-bond donors (Lipinski definition) is 0. The molecule has 0 nitrogen and oxygen atoms in total. The molecule has 0 unspecified atom stereocenters. The molecule has 0 bridgehead atoms. The van der Waals surface area contributed by atoms with Gasteiger partial charge in [-0.05, 0) is 36.3 Å². The van der Waals surface area contributed by atoms with Crippen molar-refractivity contribution in [3.8, 4) is 0 Å². The number of halogens is 1. The van der Waals surface area contributed by atoms with E-state index in [1.54, 1.807) is 0 Å². The van der Waals surface area contributed by atoms with Gasteiger partial charge in [-0.25, -0.2) is 0 Å². The predicted octanol–water partition coefficient (Wildman–Crippen LogP) is 3.49. The van der Waals surface area contributed by atoms with Crippen LogP contribution in [-0.4, -0.2) is 5.75 Å². The summed E-state index contributed by atoms with van der Waals surface area (Å²) in [5.74, 6) is 1.28. The van der Waals surface area contributed by atoms with Crippen molar-refractivity contribution in [3.63, 3.8) is 0 Å². The molecule has 1 aromatic carbocycles. The zero-order chi connectivity index (χ0) is 7.68. The number of rotatable bonds is 0. The second kappa shape index (κ2) is 3.20. The highest BCUT2D eigenvalue weighted by atomic mass is 79.9. The van der Waals surface area contributed by atoms with Crippen molar-refractivity contribution < 1.29 is 0 Å². The van der Waals surface area contributed by atoms with Crippen LogP contribution in [0.5, 0.6) is 0 Å². The van der Waals surface area contributed by atoms with Gasteiger partial charge in [-0.3, -0.25) is 0 Å². The van der Waals surface area contributed by atoms with E-state index in [4.69, 9.17) is 0 Å². The molecule has 0 aliphatic carbocycles. The van der Waals surface area contributed by atoms with Crippen molar-refractivity contribution in [1.82, 2.24) is 0 Å². The van der Waals surface area contributed by atoms with Crippen LogP contribution in [0.3, 0.4) is 0 Å². The van der Waals surface area contributed by atoms with Crippen molar-refractivity contribution in [1.29, 1.82) is 0 Å². The number of thioether (sulfide) groups is 1. The Bertz CT molecular complexity index is 270. The molecule has 0 radical (unpaired) electrons. The van der Waals surface area contributed by atoms with Gasteiger partial charge in [0.2, 0.25) is 0 Å². The second-order valence-corrected chi connectivity index (χ2v) is 4.66. The van der Waals surface area contributed by atoms with E-state index in [1.165, 1.54) is 33.5 Å². The van der Waals surface area contributed by atoms with Gasteiger partial charge in [-0.15, -0.1) is 11.8 Å². The van der Waals surface area contributed by atoms with E-state index in [1.807, 2.05) is 11.8 Å². The molecule has 0 fully saturated rings. The topological polar surface area (TPSA) is 0 Å². The zero-order valence-electron chi connectivity index (χ0n) is 6.14. The highest BCUT2D eigenvalue weighted by molar-refractivity contribution is 9.10. The lowest BCUT2D eigenvalue weighted by atomic mass is 10.1. The minimum atomic E-state index is 1.24. The Morgan fingerprint density at radius 3 is 3.09 bits per heavy atom. The Morgan fingerprint density at radius 1 is 1.36 bits per heavy atom. The average Bonchev–Trinajstić information content (AvgIpc) is 2.06. The molecule has 0 spiro atoms. The van der Waals surface area contributed by atoms with Crippen molar-refractivity contribution in [3.05, 3.63) is 28.2 Å². The summed E-state index contributed by atoms with van der Waals surface area (Å²) in [4.78, 5) is 1.46. The van der Waals surface area contributed by atoms with Gasteiger partial charge in [-0.1, -0.05) is 22.0 Å². The van der Waals surface area contributed by atoms with Crippen molar-refractivity contribution in [2.45, 2.75) is 17.7 Å². The van der Waals surface area contributed by atoms with Crippen LogP contribution in [0.15, 0.2) is 27.6 Å². The first-order valence-corrected chi connectivity index (χ1v) is 5.56. The van der Waals surface area contributed by atoms with E-state index in [0.717, 1.165) is 0 Å². The number of benzene rings is 1. The van der Waals surface area contributed by atoms with Crippen molar-refractivity contribution >= 4 is 27.7 Å². The fourth-order valence-electron chi connectivity index (χ4n) is 1.35. The maximum Gasteiger partial charge on any atom is 0.0218 e. The van der Waals surface area contributed by atoms with Gasteiger partial charge in [0.05, 0.1) is 0 Å². The molecule has 1 heterocycles. The molecule has 2 heteroatoms. The zero-order valence-corrected chi connectivity index (χ0v) is 8.54. The highest BCUT2D eigenvalue weighted by Crippen LogP contribution is 2.34. The standard InChI is InChI=1S/C9H9BrS/c10-8-4-1-5-9-7(8)3-2-6-11-9/h1,4-5H,2-3,6H2. The molecule has 0 saturated carbocycles. The highest BCUT2D eigenvalue weighted by Gasteiger charge is 2.10. The molecule has 0 atom stereocenters. The molecule has 0 N–H and O–H groups in total. The van der Waals surface area contributed by atoms with Crippen LogP contribution < -0.4 is 0 Å². The van der Waals surface area contributed by atoms with Crippen LogP contribution in [-0.2, 0) is 6.42 Å². The van der Waals surface area contributed by atoms with Crippen LogP contribution in [0.4, 0.5) is 0 Å². The molecular weight excluding hydrogens is 220 g/mol. The lowest BCUT2D eigenvalue weighted by molar-refractivity contribution is 0.884. The fraction of sp³-hybridized carbons (Fsp3) is 0.333. The second-order valence-electron chi connectivity index (χ2n) is 2.67. The Hall–Kier alpha value is 0.0500. The monoisotopic (exact) mass is 228 g/mol. The van der Waals surface area contributed by atoms with Crippen molar-refractivity contribution in [2.24, 2.45) is 0 Å². The molecule has 11 heavy (non-hydrogen) atoms. The van der Waals surface area contributed by atoms with Crippen LogP contribution in [0.2, 0.25) is 0 Å². The summed E-state index contributed by atoms with van der Waals surface area (Å²) < 4.78 is 1.28.